The third-order valence-corrected chi connectivity index (χ3v) is 4.20. The summed E-state index contributed by atoms with van der Waals surface area (Å²) < 4.78 is 7.47. The van der Waals surface area contributed by atoms with Gasteiger partial charge in [-0.2, -0.15) is 0 Å². The molecule has 1 fully saturated rings. The summed E-state index contributed by atoms with van der Waals surface area (Å²) in [5.41, 5.74) is 1.10. The van der Waals surface area contributed by atoms with Gasteiger partial charge in [0.2, 0.25) is 0 Å². The van der Waals surface area contributed by atoms with Crippen LogP contribution in [-0.2, 0) is 6.54 Å². The van der Waals surface area contributed by atoms with E-state index < -0.39 is 0 Å². The molecule has 0 bridgehead atoms. The molecule has 1 aliphatic heterocycles. The fourth-order valence-electron chi connectivity index (χ4n) is 2.95. The summed E-state index contributed by atoms with van der Waals surface area (Å²) >= 11 is 0. The van der Waals surface area contributed by atoms with E-state index in [1.807, 2.05) is 24.3 Å². The molecule has 1 aliphatic carbocycles. The van der Waals surface area contributed by atoms with Gasteiger partial charge in [-0.05, 0) is 43.0 Å². The van der Waals surface area contributed by atoms with E-state index in [-0.39, 0.29) is 0 Å². The van der Waals surface area contributed by atoms with Crippen LogP contribution in [0.15, 0.2) is 24.3 Å². The van der Waals surface area contributed by atoms with Crippen LogP contribution in [0.25, 0.3) is 11.4 Å². The van der Waals surface area contributed by atoms with E-state index in [1.165, 1.54) is 12.8 Å². The fourth-order valence-corrected chi connectivity index (χ4v) is 2.95. The number of benzene rings is 1. The second-order valence-corrected chi connectivity index (χ2v) is 5.53. The molecule has 0 spiro atoms. The Labute approximate surface area is 118 Å². The van der Waals surface area contributed by atoms with Gasteiger partial charge in [-0.15, -0.1) is 10.2 Å². The normalized spacial score (nSPS) is 21.6. The number of nitrogens with zero attached hydrogens (tertiary/aromatic N) is 3. The molecule has 2 heterocycles. The van der Waals surface area contributed by atoms with Crippen molar-refractivity contribution in [2.24, 2.45) is 5.92 Å². The third-order valence-electron chi connectivity index (χ3n) is 4.20. The first-order valence-electron chi connectivity index (χ1n) is 7.18. The molecule has 2 aliphatic rings. The van der Waals surface area contributed by atoms with Crippen LogP contribution in [-0.4, -0.2) is 28.4 Å². The standard InChI is InChI=1S/C15H18N4O/c1-20-12-6-4-11(5-7-12)14-17-18-15-13(10-2-3-10)16-8-9-19(14)15/h4-7,10,13,16H,2-3,8-9H2,1H3. The molecule has 4 rings (SSSR count). The van der Waals surface area contributed by atoms with Crippen molar-refractivity contribution in [1.82, 2.24) is 20.1 Å². The van der Waals surface area contributed by atoms with Crippen LogP contribution >= 0.6 is 0 Å². The largest absolute Gasteiger partial charge is 0.497 e. The minimum atomic E-state index is 0.392. The smallest absolute Gasteiger partial charge is 0.164 e. The number of hydrogen-bond acceptors (Lipinski definition) is 4. The molecule has 0 saturated heterocycles. The summed E-state index contributed by atoms with van der Waals surface area (Å²) in [6.07, 6.45) is 2.62. The molecule has 5 nitrogen and oxygen atoms in total. The molecule has 2 aromatic rings. The van der Waals surface area contributed by atoms with E-state index >= 15 is 0 Å². The van der Waals surface area contributed by atoms with Crippen LogP contribution < -0.4 is 10.1 Å². The van der Waals surface area contributed by atoms with Crippen LogP contribution in [0.2, 0.25) is 0 Å². The maximum absolute atomic E-state index is 5.20. The number of rotatable bonds is 3. The van der Waals surface area contributed by atoms with E-state index in [0.29, 0.717) is 6.04 Å². The van der Waals surface area contributed by atoms with Crippen LogP contribution in [0.5, 0.6) is 5.75 Å². The number of ether oxygens (including phenoxy) is 1. The molecular formula is C15H18N4O. The van der Waals surface area contributed by atoms with Gasteiger partial charge in [0.05, 0.1) is 13.2 Å². The Hall–Kier alpha value is -1.88. The highest BCUT2D eigenvalue weighted by atomic mass is 16.5. The molecule has 0 amide bonds. The quantitative estimate of drug-likeness (QED) is 0.927. The average molecular weight is 270 g/mol. The minimum absolute atomic E-state index is 0.392. The zero-order valence-electron chi connectivity index (χ0n) is 11.5. The van der Waals surface area contributed by atoms with Gasteiger partial charge in [-0.25, -0.2) is 0 Å². The van der Waals surface area contributed by atoms with Gasteiger partial charge < -0.3 is 14.6 Å². The number of fused-ring (bicyclic) bond motifs is 1. The molecule has 104 valence electrons. The summed E-state index contributed by atoms with van der Waals surface area (Å²) in [5.74, 6) is 3.69. The highest BCUT2D eigenvalue weighted by molar-refractivity contribution is 5.57. The summed E-state index contributed by atoms with van der Waals surface area (Å²) in [5, 5.41) is 12.4. The Bertz CT molecular complexity index is 615. The maximum Gasteiger partial charge on any atom is 0.164 e. The summed E-state index contributed by atoms with van der Waals surface area (Å²) in [6.45, 7) is 1.93. The van der Waals surface area contributed by atoms with Gasteiger partial charge in [0.1, 0.15) is 5.75 Å². The van der Waals surface area contributed by atoms with Crippen molar-refractivity contribution in [1.29, 1.82) is 0 Å². The molecule has 5 heteroatoms. The lowest BCUT2D eigenvalue weighted by molar-refractivity contribution is 0.383. The SMILES string of the molecule is COc1ccc(-c2nnc3n2CCNC3C2CC2)cc1. The third kappa shape index (κ3) is 1.89. The fraction of sp³-hybridized carbons (Fsp3) is 0.467. The second kappa shape index (κ2) is 4.59. The second-order valence-electron chi connectivity index (χ2n) is 5.53. The van der Waals surface area contributed by atoms with Crippen LogP contribution in [0.4, 0.5) is 0 Å². The van der Waals surface area contributed by atoms with Crippen LogP contribution in [0.1, 0.15) is 24.7 Å². The number of aromatic nitrogens is 3. The molecule has 1 saturated carbocycles. The van der Waals surface area contributed by atoms with E-state index in [1.54, 1.807) is 7.11 Å². The number of hydrogen-bond donors (Lipinski definition) is 1. The first-order chi connectivity index (χ1) is 9.86. The van der Waals surface area contributed by atoms with Gasteiger partial charge in [-0.3, -0.25) is 0 Å². The van der Waals surface area contributed by atoms with E-state index in [9.17, 15) is 0 Å². The first-order valence-corrected chi connectivity index (χ1v) is 7.18. The van der Waals surface area contributed by atoms with Gasteiger partial charge >= 0.3 is 0 Å². The lowest BCUT2D eigenvalue weighted by Gasteiger charge is -2.25. The topological polar surface area (TPSA) is 52.0 Å². The Balaban J connectivity index is 1.71. The number of nitrogens with one attached hydrogen (secondary N) is 1. The summed E-state index contributed by atoms with van der Waals surface area (Å²) in [4.78, 5) is 0. The Kier molecular flexibility index (Phi) is 2.73. The van der Waals surface area contributed by atoms with Crippen LogP contribution in [0, 0.1) is 5.92 Å². The van der Waals surface area contributed by atoms with Crippen molar-refractivity contribution in [3.8, 4) is 17.1 Å². The van der Waals surface area contributed by atoms with Crippen LogP contribution in [0.3, 0.4) is 0 Å². The first kappa shape index (κ1) is 11.9. The molecule has 1 unspecified atom stereocenters. The van der Waals surface area contributed by atoms with Crippen molar-refractivity contribution in [3.05, 3.63) is 30.1 Å². The lowest BCUT2D eigenvalue weighted by atomic mass is 10.1. The summed E-state index contributed by atoms with van der Waals surface area (Å²) in [7, 11) is 1.68. The zero-order chi connectivity index (χ0) is 13.5. The molecule has 1 N–H and O–H groups in total. The zero-order valence-corrected chi connectivity index (χ0v) is 11.5. The average Bonchev–Trinajstić information content (AvgIpc) is 3.26. The van der Waals surface area contributed by atoms with E-state index in [0.717, 1.165) is 42.0 Å². The Morgan fingerprint density at radius 1 is 1.20 bits per heavy atom. The predicted octanol–water partition coefficient (Wildman–Crippen LogP) is 2.01. The molecular weight excluding hydrogens is 252 g/mol. The van der Waals surface area contributed by atoms with Crippen molar-refractivity contribution < 1.29 is 4.74 Å². The Morgan fingerprint density at radius 3 is 2.70 bits per heavy atom. The van der Waals surface area contributed by atoms with Crippen molar-refractivity contribution >= 4 is 0 Å². The van der Waals surface area contributed by atoms with Crippen molar-refractivity contribution in [2.75, 3.05) is 13.7 Å². The monoisotopic (exact) mass is 270 g/mol. The predicted molar refractivity (Wildman–Crippen MR) is 75.5 cm³/mol. The molecule has 20 heavy (non-hydrogen) atoms. The maximum atomic E-state index is 5.20. The highest BCUT2D eigenvalue weighted by Gasteiger charge is 2.37. The number of methoxy groups -OCH3 is 1. The van der Waals surface area contributed by atoms with E-state index in [4.69, 9.17) is 4.74 Å². The minimum Gasteiger partial charge on any atom is -0.497 e. The van der Waals surface area contributed by atoms with Crippen molar-refractivity contribution in [3.63, 3.8) is 0 Å². The van der Waals surface area contributed by atoms with Crippen molar-refractivity contribution in [2.45, 2.75) is 25.4 Å². The van der Waals surface area contributed by atoms with E-state index in [2.05, 4.69) is 20.1 Å². The molecule has 1 aromatic carbocycles. The molecule has 1 atom stereocenters. The lowest BCUT2D eigenvalue weighted by Crippen LogP contribution is -2.35. The van der Waals surface area contributed by atoms with Gasteiger partial charge in [0.15, 0.2) is 11.6 Å². The van der Waals surface area contributed by atoms with Gasteiger partial charge in [0.25, 0.3) is 0 Å². The summed E-state index contributed by atoms with van der Waals surface area (Å²) in [6, 6.07) is 8.42. The van der Waals surface area contributed by atoms with Gasteiger partial charge in [0, 0.05) is 18.7 Å². The Morgan fingerprint density at radius 2 is 2.00 bits per heavy atom. The van der Waals surface area contributed by atoms with Gasteiger partial charge in [-0.1, -0.05) is 0 Å². The highest BCUT2D eigenvalue weighted by Crippen LogP contribution is 2.42. The molecule has 1 aromatic heterocycles. The molecule has 0 radical (unpaired) electrons.